The normalized spacial score (nSPS) is 19.8. The molecular formula is C58H111NO8. The Morgan fingerprint density at radius 3 is 1.25 bits per heavy atom. The van der Waals surface area contributed by atoms with E-state index in [0.717, 1.165) is 38.5 Å². The fourth-order valence-electron chi connectivity index (χ4n) is 9.41. The standard InChI is InChI=1S/C58H111NO8/c1-3-5-7-9-11-13-15-17-19-21-23-25-27-29-31-33-35-37-39-41-43-45-47-52(61)51(50-66-58-57(65)56(64)55(63)53(49-60)67-58)59-54(62)48-46-44-42-40-38-36-34-32-30-28-26-24-22-20-18-16-14-12-10-8-6-4-2/h37,39,45,47,51-53,55-58,60-61,63-65H,3-36,38,40-44,46,48-50H2,1-2H3,(H,59,62)/b39-37+,47-45+. The molecule has 0 aromatic carbocycles. The van der Waals surface area contributed by atoms with Crippen LogP contribution in [0.4, 0.5) is 0 Å². The van der Waals surface area contributed by atoms with Crippen molar-refractivity contribution >= 4 is 5.91 Å². The first-order valence-electron chi connectivity index (χ1n) is 29.1. The van der Waals surface area contributed by atoms with Gasteiger partial charge < -0.3 is 40.3 Å². The van der Waals surface area contributed by atoms with Crippen LogP contribution < -0.4 is 5.32 Å². The Kier molecular flexibility index (Phi) is 45.9. The maximum absolute atomic E-state index is 13.0. The summed E-state index contributed by atoms with van der Waals surface area (Å²) in [7, 11) is 0. The lowest BCUT2D eigenvalue weighted by atomic mass is 9.99. The molecule has 1 amide bonds. The number of aliphatic hydroxyl groups excluding tert-OH is 5. The zero-order valence-electron chi connectivity index (χ0n) is 43.9. The van der Waals surface area contributed by atoms with E-state index >= 15 is 0 Å². The van der Waals surface area contributed by atoms with Crippen molar-refractivity contribution in [1.29, 1.82) is 0 Å². The van der Waals surface area contributed by atoms with Gasteiger partial charge in [-0.1, -0.05) is 269 Å². The molecule has 1 saturated heterocycles. The molecule has 9 nitrogen and oxygen atoms in total. The third kappa shape index (κ3) is 38.1. The van der Waals surface area contributed by atoms with Gasteiger partial charge in [0.05, 0.1) is 25.4 Å². The van der Waals surface area contributed by atoms with Crippen LogP contribution in [-0.4, -0.2) is 87.5 Å². The third-order valence-electron chi connectivity index (χ3n) is 14.0. The van der Waals surface area contributed by atoms with Gasteiger partial charge in [-0.3, -0.25) is 4.79 Å². The highest BCUT2D eigenvalue weighted by Gasteiger charge is 2.44. The van der Waals surface area contributed by atoms with Crippen molar-refractivity contribution in [3.8, 4) is 0 Å². The van der Waals surface area contributed by atoms with Gasteiger partial charge in [0.1, 0.15) is 24.4 Å². The van der Waals surface area contributed by atoms with Gasteiger partial charge in [0.15, 0.2) is 6.29 Å². The van der Waals surface area contributed by atoms with Gasteiger partial charge in [0.25, 0.3) is 0 Å². The Morgan fingerprint density at radius 2 is 0.851 bits per heavy atom. The minimum absolute atomic E-state index is 0.181. The summed E-state index contributed by atoms with van der Waals surface area (Å²) < 4.78 is 11.3. The lowest BCUT2D eigenvalue weighted by Gasteiger charge is -2.40. The van der Waals surface area contributed by atoms with Crippen LogP contribution in [0.3, 0.4) is 0 Å². The van der Waals surface area contributed by atoms with Crippen LogP contribution in [0.2, 0.25) is 0 Å². The van der Waals surface area contributed by atoms with E-state index < -0.39 is 49.5 Å². The van der Waals surface area contributed by atoms with E-state index in [1.807, 2.05) is 6.08 Å². The SMILES string of the molecule is CCCCCCCCCCCCCCCCCC/C=C/CC/C=C/C(O)C(COC1OC(CO)C(O)C(O)C1O)NC(=O)CCCCCCCCCCCCCCCCCCCCCCCC. The molecule has 1 heterocycles. The first-order valence-corrected chi connectivity index (χ1v) is 29.1. The summed E-state index contributed by atoms with van der Waals surface area (Å²) in [5.41, 5.74) is 0. The average molecular weight is 951 g/mol. The predicted octanol–water partition coefficient (Wildman–Crippen LogP) is 14.2. The number of unbranched alkanes of at least 4 members (excludes halogenated alkanes) is 38. The van der Waals surface area contributed by atoms with Gasteiger partial charge in [0, 0.05) is 6.42 Å². The second-order valence-corrected chi connectivity index (χ2v) is 20.4. The molecule has 0 aromatic rings. The van der Waals surface area contributed by atoms with Crippen molar-refractivity contribution in [2.45, 2.75) is 326 Å². The largest absolute Gasteiger partial charge is 0.394 e. The minimum atomic E-state index is -1.57. The van der Waals surface area contributed by atoms with Gasteiger partial charge in [0.2, 0.25) is 5.91 Å². The fourth-order valence-corrected chi connectivity index (χ4v) is 9.41. The van der Waals surface area contributed by atoms with Crippen LogP contribution in [0.25, 0.3) is 0 Å². The molecule has 7 atom stereocenters. The topological polar surface area (TPSA) is 149 Å². The highest BCUT2D eigenvalue weighted by molar-refractivity contribution is 5.76. The number of aliphatic hydroxyl groups is 5. The molecular weight excluding hydrogens is 839 g/mol. The average Bonchev–Trinajstić information content (AvgIpc) is 3.33. The van der Waals surface area contributed by atoms with Gasteiger partial charge in [-0.15, -0.1) is 0 Å². The molecule has 0 spiro atoms. The molecule has 67 heavy (non-hydrogen) atoms. The highest BCUT2D eigenvalue weighted by atomic mass is 16.7. The quantitative estimate of drug-likeness (QED) is 0.0261. The first-order chi connectivity index (χ1) is 32.8. The molecule has 1 fully saturated rings. The van der Waals surface area contributed by atoms with Gasteiger partial charge in [-0.05, 0) is 32.1 Å². The van der Waals surface area contributed by atoms with E-state index in [1.165, 1.54) is 225 Å². The molecule has 0 saturated carbocycles. The Bertz CT molecular complexity index is 1100. The highest BCUT2D eigenvalue weighted by Crippen LogP contribution is 2.23. The molecule has 6 N–H and O–H groups in total. The van der Waals surface area contributed by atoms with Crippen molar-refractivity contribution in [2.75, 3.05) is 13.2 Å². The van der Waals surface area contributed by atoms with E-state index in [-0.39, 0.29) is 12.5 Å². The van der Waals surface area contributed by atoms with E-state index in [0.29, 0.717) is 6.42 Å². The first kappa shape index (κ1) is 63.7. The van der Waals surface area contributed by atoms with Crippen molar-refractivity contribution in [2.24, 2.45) is 0 Å². The van der Waals surface area contributed by atoms with Gasteiger partial charge in [-0.2, -0.15) is 0 Å². The van der Waals surface area contributed by atoms with Crippen LogP contribution in [0.15, 0.2) is 24.3 Å². The summed E-state index contributed by atoms with van der Waals surface area (Å²) in [4.78, 5) is 13.0. The van der Waals surface area contributed by atoms with Crippen molar-refractivity contribution in [1.82, 2.24) is 5.32 Å². The molecule has 0 radical (unpaired) electrons. The van der Waals surface area contributed by atoms with E-state index in [9.17, 15) is 30.3 Å². The van der Waals surface area contributed by atoms with Crippen molar-refractivity contribution in [3.05, 3.63) is 24.3 Å². The lowest BCUT2D eigenvalue weighted by molar-refractivity contribution is -0.302. The van der Waals surface area contributed by atoms with Crippen LogP contribution in [0, 0.1) is 0 Å². The molecule has 7 unspecified atom stereocenters. The third-order valence-corrected chi connectivity index (χ3v) is 14.0. The maximum atomic E-state index is 13.0. The summed E-state index contributed by atoms with van der Waals surface area (Å²) in [5, 5.41) is 54.5. The minimum Gasteiger partial charge on any atom is -0.394 e. The number of amides is 1. The van der Waals surface area contributed by atoms with Gasteiger partial charge >= 0.3 is 0 Å². The Balaban J connectivity index is 2.24. The Hall–Kier alpha value is -1.33. The number of carbonyl (C=O) groups is 1. The second-order valence-electron chi connectivity index (χ2n) is 20.4. The van der Waals surface area contributed by atoms with E-state index in [4.69, 9.17) is 9.47 Å². The molecule has 396 valence electrons. The molecule has 0 bridgehead atoms. The molecule has 9 heteroatoms. The van der Waals surface area contributed by atoms with Gasteiger partial charge in [-0.25, -0.2) is 0 Å². The summed E-state index contributed by atoms with van der Waals surface area (Å²) in [6, 6.07) is -0.818. The lowest BCUT2D eigenvalue weighted by Crippen LogP contribution is -2.60. The summed E-state index contributed by atoms with van der Waals surface area (Å²) >= 11 is 0. The summed E-state index contributed by atoms with van der Waals surface area (Å²) in [6.45, 7) is 3.80. The zero-order valence-corrected chi connectivity index (χ0v) is 43.9. The monoisotopic (exact) mass is 950 g/mol. The zero-order chi connectivity index (χ0) is 48.7. The maximum Gasteiger partial charge on any atom is 0.220 e. The Morgan fingerprint density at radius 1 is 0.493 bits per heavy atom. The van der Waals surface area contributed by atoms with Crippen molar-refractivity contribution < 1.29 is 39.8 Å². The number of carbonyl (C=O) groups excluding carboxylic acids is 1. The second kappa shape index (κ2) is 48.3. The summed E-state index contributed by atoms with van der Waals surface area (Å²) in [6.07, 6.45) is 53.9. The number of hydrogen-bond donors (Lipinski definition) is 6. The van der Waals surface area contributed by atoms with E-state index in [1.54, 1.807) is 6.08 Å². The number of rotatable bonds is 50. The number of ether oxygens (including phenoxy) is 2. The number of hydrogen-bond acceptors (Lipinski definition) is 8. The molecule has 0 aliphatic carbocycles. The van der Waals surface area contributed by atoms with Crippen LogP contribution in [0.5, 0.6) is 0 Å². The number of allylic oxidation sites excluding steroid dienone is 3. The van der Waals surface area contributed by atoms with Crippen LogP contribution in [0.1, 0.15) is 284 Å². The van der Waals surface area contributed by atoms with Crippen LogP contribution in [-0.2, 0) is 14.3 Å². The molecule has 1 aliphatic heterocycles. The predicted molar refractivity (Wildman–Crippen MR) is 281 cm³/mol. The smallest absolute Gasteiger partial charge is 0.220 e. The fraction of sp³-hybridized carbons (Fsp3) is 0.914. The van der Waals surface area contributed by atoms with Crippen molar-refractivity contribution in [3.63, 3.8) is 0 Å². The number of nitrogens with one attached hydrogen (secondary N) is 1. The molecule has 1 rings (SSSR count). The Labute approximate surface area is 413 Å². The summed E-state index contributed by atoms with van der Waals surface area (Å²) in [5.74, 6) is -0.181. The van der Waals surface area contributed by atoms with E-state index in [2.05, 4.69) is 31.3 Å². The van der Waals surface area contributed by atoms with Crippen LogP contribution >= 0.6 is 0 Å². The molecule has 1 aliphatic rings. The molecule has 0 aromatic heterocycles.